The Morgan fingerprint density at radius 1 is 1.08 bits per heavy atom. The molecular formula is C22H26FNO. The Kier molecular flexibility index (Phi) is 4.38. The lowest BCUT2D eigenvalue weighted by Crippen LogP contribution is -2.56. The first kappa shape index (κ1) is 16.7. The summed E-state index contributed by atoms with van der Waals surface area (Å²) in [5, 5.41) is 11.5. The highest BCUT2D eigenvalue weighted by atomic mass is 19.1. The van der Waals surface area contributed by atoms with Crippen molar-refractivity contribution in [2.75, 3.05) is 0 Å². The smallest absolute Gasteiger partial charge is 0.123 e. The molecule has 2 aromatic carbocycles. The normalized spacial score (nSPS) is 29.6. The largest absolute Gasteiger partial charge is 0.385 e. The number of hydrogen-bond acceptors (Lipinski definition) is 2. The fourth-order valence-electron chi connectivity index (χ4n) is 4.94. The van der Waals surface area contributed by atoms with E-state index >= 15 is 0 Å². The molecule has 0 aromatic heterocycles. The van der Waals surface area contributed by atoms with Crippen LogP contribution < -0.4 is 0 Å². The standard InChI is InChI=1S/C22H26FNO/c1-16-12-18(23)10-11-21(16)22(25)13-19-8-5-9-20(14-22)24(19)15-17-6-3-2-4-7-17/h2-4,6-7,10-12,19-20,25H,5,8-9,13-15H2,1H3. The van der Waals surface area contributed by atoms with Crippen LogP contribution in [-0.2, 0) is 12.1 Å². The monoisotopic (exact) mass is 339 g/mol. The van der Waals surface area contributed by atoms with Gasteiger partial charge in [0.25, 0.3) is 0 Å². The molecule has 2 aromatic rings. The zero-order valence-electron chi connectivity index (χ0n) is 14.8. The molecule has 2 nitrogen and oxygen atoms in total. The van der Waals surface area contributed by atoms with Crippen molar-refractivity contribution in [3.8, 4) is 0 Å². The van der Waals surface area contributed by atoms with Crippen LogP contribution in [-0.4, -0.2) is 22.1 Å². The van der Waals surface area contributed by atoms with Crippen molar-refractivity contribution in [2.24, 2.45) is 0 Å². The summed E-state index contributed by atoms with van der Waals surface area (Å²) in [4.78, 5) is 2.59. The molecule has 0 spiro atoms. The Morgan fingerprint density at radius 3 is 2.40 bits per heavy atom. The number of hydrogen-bond donors (Lipinski definition) is 1. The van der Waals surface area contributed by atoms with Crippen LogP contribution >= 0.6 is 0 Å². The van der Waals surface area contributed by atoms with Crippen LogP contribution in [0.15, 0.2) is 48.5 Å². The van der Waals surface area contributed by atoms with Gasteiger partial charge < -0.3 is 5.11 Å². The lowest BCUT2D eigenvalue weighted by molar-refractivity contribution is -0.100. The molecule has 0 amide bonds. The first-order chi connectivity index (χ1) is 12.0. The highest BCUT2D eigenvalue weighted by Crippen LogP contribution is 2.45. The Balaban J connectivity index is 1.60. The summed E-state index contributed by atoms with van der Waals surface area (Å²) in [6.07, 6.45) is 4.97. The topological polar surface area (TPSA) is 23.5 Å². The van der Waals surface area contributed by atoms with Gasteiger partial charge in [-0.2, -0.15) is 0 Å². The summed E-state index contributed by atoms with van der Waals surface area (Å²) < 4.78 is 13.5. The van der Waals surface area contributed by atoms with Gasteiger partial charge in [-0.25, -0.2) is 4.39 Å². The van der Waals surface area contributed by atoms with Crippen molar-refractivity contribution < 1.29 is 9.50 Å². The predicted octanol–water partition coefficient (Wildman–Crippen LogP) is 4.54. The highest BCUT2D eigenvalue weighted by Gasteiger charge is 2.46. The second kappa shape index (κ2) is 6.54. The number of benzene rings is 2. The molecule has 2 unspecified atom stereocenters. The van der Waals surface area contributed by atoms with E-state index in [0.29, 0.717) is 12.1 Å². The molecule has 4 rings (SSSR count). The lowest BCUT2D eigenvalue weighted by Gasteiger charge is -2.52. The fourth-order valence-corrected chi connectivity index (χ4v) is 4.94. The maximum absolute atomic E-state index is 13.5. The van der Waals surface area contributed by atoms with E-state index in [1.54, 1.807) is 12.1 Å². The summed E-state index contributed by atoms with van der Waals surface area (Å²) >= 11 is 0. The summed E-state index contributed by atoms with van der Waals surface area (Å²) in [6, 6.07) is 16.2. The van der Waals surface area contributed by atoms with Gasteiger partial charge in [0.15, 0.2) is 0 Å². The quantitative estimate of drug-likeness (QED) is 0.887. The molecular weight excluding hydrogens is 313 g/mol. The van der Waals surface area contributed by atoms with E-state index in [1.807, 2.05) is 6.92 Å². The zero-order chi connectivity index (χ0) is 17.4. The van der Waals surface area contributed by atoms with Crippen LogP contribution in [0, 0.1) is 12.7 Å². The Labute approximate surface area is 149 Å². The molecule has 2 atom stereocenters. The third-order valence-electron chi connectivity index (χ3n) is 6.06. The molecule has 2 bridgehead atoms. The zero-order valence-corrected chi connectivity index (χ0v) is 14.8. The molecule has 2 aliphatic rings. The van der Waals surface area contributed by atoms with Crippen LogP contribution in [0.4, 0.5) is 4.39 Å². The van der Waals surface area contributed by atoms with Crippen molar-refractivity contribution in [2.45, 2.75) is 63.3 Å². The SMILES string of the molecule is Cc1cc(F)ccc1C1(O)CC2CCCC(C1)N2Cc1ccccc1. The maximum Gasteiger partial charge on any atom is 0.123 e. The van der Waals surface area contributed by atoms with Gasteiger partial charge in [-0.1, -0.05) is 42.8 Å². The molecule has 1 N–H and O–H groups in total. The minimum absolute atomic E-state index is 0.230. The van der Waals surface area contributed by atoms with Gasteiger partial charge >= 0.3 is 0 Å². The highest BCUT2D eigenvalue weighted by molar-refractivity contribution is 5.33. The van der Waals surface area contributed by atoms with E-state index in [4.69, 9.17) is 0 Å². The number of aliphatic hydroxyl groups is 1. The summed E-state index contributed by atoms with van der Waals surface area (Å²) in [5.74, 6) is -0.230. The van der Waals surface area contributed by atoms with E-state index < -0.39 is 5.60 Å². The van der Waals surface area contributed by atoms with Crippen molar-refractivity contribution in [3.05, 3.63) is 71.0 Å². The molecule has 132 valence electrons. The number of nitrogens with zero attached hydrogens (tertiary/aromatic N) is 1. The van der Waals surface area contributed by atoms with Crippen molar-refractivity contribution in [3.63, 3.8) is 0 Å². The van der Waals surface area contributed by atoms with Crippen LogP contribution in [0.1, 0.15) is 48.8 Å². The van der Waals surface area contributed by atoms with E-state index in [9.17, 15) is 9.50 Å². The van der Waals surface area contributed by atoms with E-state index in [2.05, 4.69) is 35.2 Å². The molecule has 2 aliphatic heterocycles. The van der Waals surface area contributed by atoms with Crippen LogP contribution in [0.3, 0.4) is 0 Å². The van der Waals surface area contributed by atoms with Gasteiger partial charge in [0.05, 0.1) is 5.60 Å². The summed E-state index contributed by atoms with van der Waals surface area (Å²) in [7, 11) is 0. The van der Waals surface area contributed by atoms with E-state index in [-0.39, 0.29) is 5.82 Å². The molecule has 2 fully saturated rings. The molecule has 0 saturated carbocycles. The minimum atomic E-state index is -0.833. The van der Waals surface area contributed by atoms with Crippen molar-refractivity contribution in [1.82, 2.24) is 4.90 Å². The minimum Gasteiger partial charge on any atom is -0.385 e. The molecule has 25 heavy (non-hydrogen) atoms. The Morgan fingerprint density at radius 2 is 1.76 bits per heavy atom. The third kappa shape index (κ3) is 3.23. The average Bonchev–Trinajstić information content (AvgIpc) is 2.57. The second-order valence-corrected chi connectivity index (χ2v) is 7.80. The molecule has 2 saturated heterocycles. The van der Waals surface area contributed by atoms with Crippen molar-refractivity contribution >= 4 is 0 Å². The molecule has 3 heteroatoms. The maximum atomic E-state index is 13.5. The fraction of sp³-hybridized carbons (Fsp3) is 0.455. The lowest BCUT2D eigenvalue weighted by atomic mass is 9.71. The van der Waals surface area contributed by atoms with Crippen LogP contribution in [0.2, 0.25) is 0 Å². The van der Waals surface area contributed by atoms with Crippen LogP contribution in [0.5, 0.6) is 0 Å². The average molecular weight is 339 g/mol. The van der Waals surface area contributed by atoms with Gasteiger partial charge in [-0.3, -0.25) is 4.90 Å². The number of fused-ring (bicyclic) bond motifs is 2. The van der Waals surface area contributed by atoms with E-state index in [1.165, 1.54) is 18.1 Å². The number of aryl methyl sites for hydroxylation is 1. The number of halogens is 1. The van der Waals surface area contributed by atoms with Crippen LogP contribution in [0.25, 0.3) is 0 Å². The third-order valence-corrected chi connectivity index (χ3v) is 6.06. The van der Waals surface area contributed by atoms with Gasteiger partial charge in [-0.15, -0.1) is 0 Å². The number of piperidine rings is 2. The van der Waals surface area contributed by atoms with Gasteiger partial charge in [0, 0.05) is 18.6 Å². The first-order valence-corrected chi connectivity index (χ1v) is 9.34. The predicted molar refractivity (Wildman–Crippen MR) is 97.7 cm³/mol. The Hall–Kier alpha value is -1.71. The second-order valence-electron chi connectivity index (χ2n) is 7.80. The first-order valence-electron chi connectivity index (χ1n) is 9.34. The molecule has 0 aliphatic carbocycles. The summed E-state index contributed by atoms with van der Waals surface area (Å²) in [5.41, 5.74) is 2.27. The van der Waals surface area contributed by atoms with Gasteiger partial charge in [-0.05, 0) is 61.4 Å². The molecule has 0 radical (unpaired) electrons. The Bertz CT molecular complexity index is 731. The van der Waals surface area contributed by atoms with Gasteiger partial charge in [0.2, 0.25) is 0 Å². The number of rotatable bonds is 3. The van der Waals surface area contributed by atoms with Gasteiger partial charge in [0.1, 0.15) is 5.82 Å². The molecule has 2 heterocycles. The van der Waals surface area contributed by atoms with Crippen molar-refractivity contribution in [1.29, 1.82) is 0 Å². The van der Waals surface area contributed by atoms with E-state index in [0.717, 1.165) is 43.4 Å². The summed E-state index contributed by atoms with van der Waals surface area (Å²) in [6.45, 7) is 2.86.